The highest BCUT2D eigenvalue weighted by Crippen LogP contribution is 2.46. The SMILES string of the molecule is C=CC1CC1(NCl)C(=O)CCC. The van der Waals surface area contributed by atoms with E-state index in [1.165, 1.54) is 0 Å². The molecule has 1 fully saturated rings. The molecule has 0 radical (unpaired) electrons. The molecule has 0 amide bonds. The van der Waals surface area contributed by atoms with Gasteiger partial charge in [-0.15, -0.1) is 6.58 Å². The van der Waals surface area contributed by atoms with Crippen LogP contribution < -0.4 is 4.84 Å². The number of halogens is 1. The molecule has 0 aliphatic heterocycles. The maximum atomic E-state index is 11.5. The largest absolute Gasteiger partial charge is 0.298 e. The summed E-state index contributed by atoms with van der Waals surface area (Å²) in [7, 11) is 0. The lowest BCUT2D eigenvalue weighted by atomic mass is 10.1. The van der Waals surface area contributed by atoms with Crippen molar-refractivity contribution >= 4 is 17.6 Å². The van der Waals surface area contributed by atoms with Crippen molar-refractivity contribution in [1.29, 1.82) is 0 Å². The summed E-state index contributed by atoms with van der Waals surface area (Å²) < 4.78 is 0. The van der Waals surface area contributed by atoms with Crippen molar-refractivity contribution in [2.24, 2.45) is 5.92 Å². The van der Waals surface area contributed by atoms with Gasteiger partial charge in [-0.05, 0) is 24.6 Å². The zero-order chi connectivity index (χ0) is 9.19. The van der Waals surface area contributed by atoms with Gasteiger partial charge in [0.1, 0.15) is 0 Å². The first kappa shape index (κ1) is 9.75. The van der Waals surface area contributed by atoms with Gasteiger partial charge in [0.15, 0.2) is 5.78 Å². The average molecular weight is 188 g/mol. The Kier molecular flexibility index (Phi) is 2.91. The van der Waals surface area contributed by atoms with Crippen molar-refractivity contribution < 1.29 is 4.79 Å². The normalized spacial score (nSPS) is 33.0. The molecule has 0 aromatic heterocycles. The molecule has 0 saturated heterocycles. The van der Waals surface area contributed by atoms with Gasteiger partial charge in [-0.1, -0.05) is 13.0 Å². The highest BCUT2D eigenvalue weighted by molar-refractivity contribution is 6.16. The van der Waals surface area contributed by atoms with E-state index >= 15 is 0 Å². The molecule has 12 heavy (non-hydrogen) atoms. The maximum Gasteiger partial charge on any atom is 0.154 e. The Morgan fingerprint density at radius 3 is 2.92 bits per heavy atom. The number of Topliss-reactive ketones (excluding diaryl/α,β-unsaturated/α-hetero) is 1. The van der Waals surface area contributed by atoms with Crippen LogP contribution in [0.5, 0.6) is 0 Å². The van der Waals surface area contributed by atoms with E-state index in [1.54, 1.807) is 6.08 Å². The molecule has 2 atom stereocenters. The summed E-state index contributed by atoms with van der Waals surface area (Å²) >= 11 is 5.54. The van der Waals surface area contributed by atoms with Crippen molar-refractivity contribution in [3.8, 4) is 0 Å². The van der Waals surface area contributed by atoms with Gasteiger partial charge in [0.25, 0.3) is 0 Å². The smallest absolute Gasteiger partial charge is 0.154 e. The highest BCUT2D eigenvalue weighted by Gasteiger charge is 2.57. The standard InChI is InChI=1S/C9H14ClNO/c1-3-5-8(12)9(11-10)6-7(9)4-2/h4,7,11H,2-3,5-6H2,1H3. The van der Waals surface area contributed by atoms with Crippen LogP contribution in [-0.2, 0) is 4.79 Å². The van der Waals surface area contributed by atoms with E-state index in [4.69, 9.17) is 11.8 Å². The first-order valence-electron chi connectivity index (χ1n) is 4.25. The van der Waals surface area contributed by atoms with Crippen LogP contribution in [0.25, 0.3) is 0 Å². The lowest BCUT2D eigenvalue weighted by Crippen LogP contribution is -2.35. The van der Waals surface area contributed by atoms with E-state index in [-0.39, 0.29) is 11.7 Å². The third-order valence-corrected chi connectivity index (χ3v) is 2.78. The second-order valence-electron chi connectivity index (χ2n) is 3.29. The fourth-order valence-electron chi connectivity index (χ4n) is 1.50. The zero-order valence-electron chi connectivity index (χ0n) is 7.27. The lowest BCUT2D eigenvalue weighted by molar-refractivity contribution is -0.121. The third-order valence-electron chi connectivity index (χ3n) is 2.44. The van der Waals surface area contributed by atoms with Gasteiger partial charge in [-0.3, -0.25) is 4.79 Å². The zero-order valence-corrected chi connectivity index (χ0v) is 8.03. The summed E-state index contributed by atoms with van der Waals surface area (Å²) in [5.74, 6) is 0.443. The van der Waals surface area contributed by atoms with Crippen LogP contribution in [0.2, 0.25) is 0 Å². The number of nitrogens with one attached hydrogen (secondary N) is 1. The molecule has 2 nitrogen and oxygen atoms in total. The molecule has 2 unspecified atom stereocenters. The summed E-state index contributed by atoms with van der Waals surface area (Å²) in [5, 5.41) is 0. The molecule has 3 heteroatoms. The van der Waals surface area contributed by atoms with Crippen LogP contribution >= 0.6 is 11.8 Å². The van der Waals surface area contributed by atoms with Gasteiger partial charge in [0.05, 0.1) is 5.54 Å². The van der Waals surface area contributed by atoms with Gasteiger partial charge in [-0.25, -0.2) is 4.84 Å². The van der Waals surface area contributed by atoms with Crippen molar-refractivity contribution in [2.45, 2.75) is 31.7 Å². The Hall–Kier alpha value is -0.340. The molecule has 68 valence electrons. The van der Waals surface area contributed by atoms with E-state index in [9.17, 15) is 4.79 Å². The Balaban J connectivity index is 2.58. The molecular weight excluding hydrogens is 174 g/mol. The molecule has 0 aromatic rings. The number of rotatable bonds is 5. The number of ketones is 1. The predicted molar refractivity (Wildman–Crippen MR) is 49.9 cm³/mol. The van der Waals surface area contributed by atoms with Crippen LogP contribution in [0.15, 0.2) is 12.7 Å². The van der Waals surface area contributed by atoms with E-state index in [0.29, 0.717) is 6.42 Å². The van der Waals surface area contributed by atoms with Crippen LogP contribution in [-0.4, -0.2) is 11.3 Å². The Morgan fingerprint density at radius 2 is 2.58 bits per heavy atom. The molecule has 0 aromatic carbocycles. The monoisotopic (exact) mass is 187 g/mol. The van der Waals surface area contributed by atoms with Crippen molar-refractivity contribution in [3.05, 3.63) is 12.7 Å². The minimum absolute atomic E-state index is 0.213. The number of hydrogen-bond donors (Lipinski definition) is 1. The predicted octanol–water partition coefficient (Wildman–Crippen LogP) is 2.04. The molecule has 1 aliphatic carbocycles. The summed E-state index contributed by atoms with van der Waals surface area (Å²) in [6.45, 7) is 5.65. The molecule has 1 N–H and O–H groups in total. The van der Waals surface area contributed by atoms with E-state index in [0.717, 1.165) is 12.8 Å². The van der Waals surface area contributed by atoms with E-state index in [1.807, 2.05) is 6.92 Å². The average Bonchev–Trinajstić information content (AvgIpc) is 2.80. The number of carbonyl (C=O) groups is 1. The molecular formula is C9H14ClNO. The molecule has 1 aliphatic rings. The Labute approximate surface area is 78.1 Å². The Morgan fingerprint density at radius 1 is 1.92 bits per heavy atom. The minimum atomic E-state index is -0.473. The first-order valence-corrected chi connectivity index (χ1v) is 4.62. The van der Waals surface area contributed by atoms with Gasteiger partial charge >= 0.3 is 0 Å². The lowest BCUT2D eigenvalue weighted by Gasteiger charge is -2.11. The Bertz CT molecular complexity index is 205. The van der Waals surface area contributed by atoms with Gasteiger partial charge < -0.3 is 0 Å². The second-order valence-corrected chi connectivity index (χ2v) is 3.47. The summed E-state index contributed by atoms with van der Waals surface area (Å²) in [6.07, 6.45) is 4.08. The van der Waals surface area contributed by atoms with Crippen molar-refractivity contribution in [1.82, 2.24) is 4.84 Å². The van der Waals surface area contributed by atoms with Crippen molar-refractivity contribution in [2.75, 3.05) is 0 Å². The minimum Gasteiger partial charge on any atom is -0.298 e. The van der Waals surface area contributed by atoms with E-state index < -0.39 is 5.54 Å². The maximum absolute atomic E-state index is 11.5. The van der Waals surface area contributed by atoms with Crippen LogP contribution in [0.4, 0.5) is 0 Å². The van der Waals surface area contributed by atoms with Crippen LogP contribution in [0.3, 0.4) is 0 Å². The van der Waals surface area contributed by atoms with Crippen molar-refractivity contribution in [3.63, 3.8) is 0 Å². The molecule has 0 heterocycles. The number of hydrogen-bond acceptors (Lipinski definition) is 2. The molecule has 0 bridgehead atoms. The molecule has 1 saturated carbocycles. The van der Waals surface area contributed by atoms with Crippen LogP contribution in [0, 0.1) is 5.92 Å². The fraction of sp³-hybridized carbons (Fsp3) is 0.667. The summed E-state index contributed by atoms with van der Waals surface area (Å²) in [5.41, 5.74) is -0.473. The summed E-state index contributed by atoms with van der Waals surface area (Å²) in [4.78, 5) is 14.1. The molecule has 0 spiro atoms. The highest BCUT2D eigenvalue weighted by atomic mass is 35.5. The number of carbonyl (C=O) groups excluding carboxylic acids is 1. The van der Waals surface area contributed by atoms with E-state index in [2.05, 4.69) is 11.4 Å². The topological polar surface area (TPSA) is 29.1 Å². The summed E-state index contributed by atoms with van der Waals surface area (Å²) in [6, 6.07) is 0. The van der Waals surface area contributed by atoms with Gasteiger partial charge in [0.2, 0.25) is 0 Å². The van der Waals surface area contributed by atoms with Gasteiger partial charge in [0, 0.05) is 12.3 Å². The quantitative estimate of drug-likeness (QED) is 0.527. The first-order chi connectivity index (χ1) is 5.71. The third kappa shape index (κ3) is 1.41. The second kappa shape index (κ2) is 3.58. The fourth-order valence-corrected chi connectivity index (χ4v) is 1.83. The van der Waals surface area contributed by atoms with Gasteiger partial charge in [-0.2, -0.15) is 0 Å². The molecule has 1 rings (SSSR count). The van der Waals surface area contributed by atoms with Crippen LogP contribution in [0.1, 0.15) is 26.2 Å².